The van der Waals surface area contributed by atoms with Crippen LogP contribution < -0.4 is 11.1 Å². The highest BCUT2D eigenvalue weighted by molar-refractivity contribution is 5.77. The number of hydrogen-bond acceptors (Lipinski definition) is 3. The number of nitrogens with zero attached hydrogens (tertiary/aromatic N) is 2. The van der Waals surface area contributed by atoms with Crippen LogP contribution in [-0.2, 0) is 11.3 Å². The predicted molar refractivity (Wildman–Crippen MR) is 58.1 cm³/mol. The molecule has 1 aromatic rings. The van der Waals surface area contributed by atoms with Gasteiger partial charge in [0.15, 0.2) is 0 Å². The summed E-state index contributed by atoms with van der Waals surface area (Å²) in [5.74, 6) is 0.480. The molecule has 0 bridgehead atoms. The van der Waals surface area contributed by atoms with Crippen molar-refractivity contribution >= 4 is 5.91 Å². The van der Waals surface area contributed by atoms with Crippen molar-refractivity contribution in [2.24, 2.45) is 5.73 Å². The molecule has 1 atom stereocenters. The Kier molecular flexibility index (Phi) is 3.85. The third kappa shape index (κ3) is 3.06. The maximum atomic E-state index is 11.0. The Morgan fingerprint density at radius 1 is 1.60 bits per heavy atom. The summed E-state index contributed by atoms with van der Waals surface area (Å²) in [6.45, 7) is 6.53. The van der Waals surface area contributed by atoms with Gasteiger partial charge in [-0.2, -0.15) is 0 Å². The summed E-state index contributed by atoms with van der Waals surface area (Å²) in [6, 6.07) is 0.0375. The first-order chi connectivity index (χ1) is 7.02. The van der Waals surface area contributed by atoms with Crippen molar-refractivity contribution in [3.8, 4) is 0 Å². The number of carbonyl (C=O) groups is 1. The molecule has 0 aromatic carbocycles. The van der Waals surface area contributed by atoms with Crippen molar-refractivity contribution in [1.82, 2.24) is 14.9 Å². The zero-order valence-corrected chi connectivity index (χ0v) is 9.40. The van der Waals surface area contributed by atoms with E-state index in [0.717, 1.165) is 5.82 Å². The summed E-state index contributed by atoms with van der Waals surface area (Å²) in [5.41, 5.74) is 5.24. The maximum Gasteiger partial charge on any atom is 0.240 e. The SMILES string of the molecule is CC(C)NCc1nccn1C(C)C(N)=O. The van der Waals surface area contributed by atoms with Gasteiger partial charge in [-0.1, -0.05) is 13.8 Å². The van der Waals surface area contributed by atoms with Gasteiger partial charge in [0.1, 0.15) is 11.9 Å². The van der Waals surface area contributed by atoms with Gasteiger partial charge in [-0.25, -0.2) is 4.98 Å². The lowest BCUT2D eigenvalue weighted by atomic mass is 10.3. The van der Waals surface area contributed by atoms with Crippen LogP contribution in [0.1, 0.15) is 32.6 Å². The number of rotatable bonds is 5. The van der Waals surface area contributed by atoms with Crippen LogP contribution in [-0.4, -0.2) is 21.5 Å². The summed E-state index contributed by atoms with van der Waals surface area (Å²) in [4.78, 5) is 15.2. The van der Waals surface area contributed by atoms with Gasteiger partial charge in [-0.3, -0.25) is 4.79 Å². The van der Waals surface area contributed by atoms with E-state index in [1.54, 1.807) is 23.9 Å². The van der Waals surface area contributed by atoms with E-state index in [2.05, 4.69) is 24.1 Å². The second-order valence-electron chi connectivity index (χ2n) is 3.86. The molecular weight excluding hydrogens is 192 g/mol. The molecule has 3 N–H and O–H groups in total. The molecular formula is C10H18N4O. The van der Waals surface area contributed by atoms with E-state index < -0.39 is 0 Å². The molecule has 1 rings (SSSR count). The molecule has 1 unspecified atom stereocenters. The lowest BCUT2D eigenvalue weighted by Crippen LogP contribution is -2.28. The highest BCUT2D eigenvalue weighted by Gasteiger charge is 2.14. The molecule has 1 aromatic heterocycles. The van der Waals surface area contributed by atoms with Crippen molar-refractivity contribution in [1.29, 1.82) is 0 Å². The van der Waals surface area contributed by atoms with Crippen molar-refractivity contribution in [2.75, 3.05) is 0 Å². The van der Waals surface area contributed by atoms with E-state index in [4.69, 9.17) is 5.73 Å². The number of nitrogens with one attached hydrogen (secondary N) is 1. The first-order valence-corrected chi connectivity index (χ1v) is 5.06. The average Bonchev–Trinajstić information content (AvgIpc) is 2.60. The van der Waals surface area contributed by atoms with E-state index in [1.807, 2.05) is 0 Å². The molecule has 0 saturated carbocycles. The molecule has 15 heavy (non-hydrogen) atoms. The number of primary amides is 1. The molecule has 1 heterocycles. The van der Waals surface area contributed by atoms with E-state index in [9.17, 15) is 4.79 Å². The van der Waals surface area contributed by atoms with Crippen LogP contribution in [0.4, 0.5) is 0 Å². The van der Waals surface area contributed by atoms with Crippen LogP contribution in [0.25, 0.3) is 0 Å². The summed E-state index contributed by atoms with van der Waals surface area (Å²) in [7, 11) is 0. The third-order valence-corrected chi connectivity index (χ3v) is 2.25. The third-order valence-electron chi connectivity index (χ3n) is 2.25. The zero-order valence-electron chi connectivity index (χ0n) is 9.40. The molecule has 0 radical (unpaired) electrons. The van der Waals surface area contributed by atoms with Crippen LogP contribution in [0.15, 0.2) is 12.4 Å². The zero-order chi connectivity index (χ0) is 11.4. The number of carbonyl (C=O) groups excluding carboxylic acids is 1. The van der Waals surface area contributed by atoms with Crippen molar-refractivity contribution < 1.29 is 4.79 Å². The summed E-state index contributed by atoms with van der Waals surface area (Å²) in [6.07, 6.45) is 3.45. The molecule has 5 nitrogen and oxygen atoms in total. The Morgan fingerprint density at radius 3 is 2.80 bits per heavy atom. The van der Waals surface area contributed by atoms with Gasteiger partial charge in [0.25, 0.3) is 0 Å². The number of nitrogens with two attached hydrogens (primary N) is 1. The fourth-order valence-corrected chi connectivity index (χ4v) is 1.27. The lowest BCUT2D eigenvalue weighted by Gasteiger charge is -2.14. The van der Waals surface area contributed by atoms with Gasteiger partial charge in [0, 0.05) is 18.4 Å². The van der Waals surface area contributed by atoms with E-state index in [1.165, 1.54) is 0 Å². The highest BCUT2D eigenvalue weighted by atomic mass is 16.1. The summed E-state index contributed by atoms with van der Waals surface area (Å²) in [5, 5.41) is 3.25. The number of imidazole rings is 1. The van der Waals surface area contributed by atoms with Gasteiger partial charge in [-0.15, -0.1) is 0 Å². The van der Waals surface area contributed by atoms with Crippen molar-refractivity contribution in [2.45, 2.75) is 39.4 Å². The summed E-state index contributed by atoms with van der Waals surface area (Å²) >= 11 is 0. The minimum atomic E-state index is -0.350. The van der Waals surface area contributed by atoms with E-state index >= 15 is 0 Å². The second-order valence-corrected chi connectivity index (χ2v) is 3.86. The normalized spacial score (nSPS) is 13.1. The maximum absolute atomic E-state index is 11.0. The number of hydrogen-bond donors (Lipinski definition) is 2. The molecule has 0 aliphatic heterocycles. The standard InChI is InChI=1S/C10H18N4O/c1-7(2)13-6-9-12-4-5-14(9)8(3)10(11)15/h4-5,7-8,13H,6H2,1-3H3,(H2,11,15). The monoisotopic (exact) mass is 210 g/mol. The molecule has 84 valence electrons. The van der Waals surface area contributed by atoms with Crippen LogP contribution in [0.3, 0.4) is 0 Å². The summed E-state index contributed by atoms with van der Waals surface area (Å²) < 4.78 is 1.79. The molecule has 0 fully saturated rings. The number of amides is 1. The smallest absolute Gasteiger partial charge is 0.240 e. The van der Waals surface area contributed by atoms with E-state index in [-0.39, 0.29) is 11.9 Å². The predicted octanol–water partition coefficient (Wildman–Crippen LogP) is 0.427. The van der Waals surface area contributed by atoms with Crippen LogP contribution in [0.5, 0.6) is 0 Å². The lowest BCUT2D eigenvalue weighted by molar-refractivity contribution is -0.120. The van der Waals surface area contributed by atoms with Crippen molar-refractivity contribution in [3.05, 3.63) is 18.2 Å². The second kappa shape index (κ2) is 4.93. The van der Waals surface area contributed by atoms with Gasteiger partial charge in [0.2, 0.25) is 5.91 Å². The molecule has 0 aliphatic carbocycles. The van der Waals surface area contributed by atoms with Crippen molar-refractivity contribution in [3.63, 3.8) is 0 Å². The molecule has 0 spiro atoms. The average molecular weight is 210 g/mol. The molecule has 1 amide bonds. The largest absolute Gasteiger partial charge is 0.368 e. The first-order valence-electron chi connectivity index (χ1n) is 5.06. The van der Waals surface area contributed by atoms with Gasteiger partial charge >= 0.3 is 0 Å². The Balaban J connectivity index is 2.73. The minimum Gasteiger partial charge on any atom is -0.368 e. The Bertz CT molecular complexity index is 332. The van der Waals surface area contributed by atoms with Gasteiger partial charge in [-0.05, 0) is 6.92 Å². The fraction of sp³-hybridized carbons (Fsp3) is 0.600. The Labute approximate surface area is 89.7 Å². The van der Waals surface area contributed by atoms with Crippen LogP contribution in [0.2, 0.25) is 0 Å². The highest BCUT2D eigenvalue weighted by Crippen LogP contribution is 2.08. The van der Waals surface area contributed by atoms with E-state index in [0.29, 0.717) is 12.6 Å². The number of aromatic nitrogens is 2. The Hall–Kier alpha value is -1.36. The quantitative estimate of drug-likeness (QED) is 0.740. The Morgan fingerprint density at radius 2 is 2.27 bits per heavy atom. The molecule has 0 aliphatic rings. The minimum absolute atomic E-state index is 0.348. The van der Waals surface area contributed by atoms with Crippen LogP contribution in [0, 0.1) is 0 Å². The van der Waals surface area contributed by atoms with Gasteiger partial charge in [0.05, 0.1) is 6.54 Å². The molecule has 5 heteroatoms. The van der Waals surface area contributed by atoms with Gasteiger partial charge < -0.3 is 15.6 Å². The fourth-order valence-electron chi connectivity index (χ4n) is 1.27. The molecule has 0 saturated heterocycles. The first kappa shape index (κ1) is 11.7. The topological polar surface area (TPSA) is 72.9 Å². The van der Waals surface area contributed by atoms with Crippen LogP contribution >= 0.6 is 0 Å².